The summed E-state index contributed by atoms with van der Waals surface area (Å²) in [5.41, 5.74) is 4.17. The largest absolute Gasteiger partial charge is 0.508 e. The number of ether oxygens (including phenoxy) is 1. The Kier molecular flexibility index (Phi) is 6.53. The van der Waals surface area contributed by atoms with Crippen LogP contribution >= 0.6 is 0 Å². The number of nitrogens with zero attached hydrogens (tertiary/aromatic N) is 1. The van der Waals surface area contributed by atoms with Gasteiger partial charge in [0.1, 0.15) is 5.75 Å². The Bertz CT molecular complexity index is 856. The molecule has 4 heteroatoms. The predicted octanol–water partition coefficient (Wildman–Crippen LogP) is 4.71. The van der Waals surface area contributed by atoms with Crippen molar-refractivity contribution in [2.75, 3.05) is 27.7 Å². The molecule has 1 fully saturated rings. The third kappa shape index (κ3) is 5.02. The first-order valence-electron chi connectivity index (χ1n) is 9.77. The van der Waals surface area contributed by atoms with Gasteiger partial charge in [-0.05, 0) is 80.6 Å². The SMILES string of the molecule is COC(=O)c1cccc(/C=C2/CCC(CN(C)C)C(c3cccc(O)c3)C2)c1. The Morgan fingerprint density at radius 3 is 2.71 bits per heavy atom. The molecule has 148 valence electrons. The summed E-state index contributed by atoms with van der Waals surface area (Å²) < 4.78 is 4.83. The number of hydrogen-bond donors (Lipinski definition) is 1. The molecular formula is C24H29NO3. The Morgan fingerprint density at radius 1 is 1.21 bits per heavy atom. The van der Waals surface area contributed by atoms with Gasteiger partial charge in [-0.1, -0.05) is 35.9 Å². The van der Waals surface area contributed by atoms with Crippen molar-refractivity contribution >= 4 is 12.0 Å². The number of carbonyl (C=O) groups excluding carboxylic acids is 1. The van der Waals surface area contributed by atoms with Crippen molar-refractivity contribution < 1.29 is 14.6 Å². The zero-order chi connectivity index (χ0) is 20.1. The summed E-state index contributed by atoms with van der Waals surface area (Å²) in [5.74, 6) is 0.934. The summed E-state index contributed by atoms with van der Waals surface area (Å²) >= 11 is 0. The molecule has 0 bridgehead atoms. The molecule has 0 radical (unpaired) electrons. The minimum absolute atomic E-state index is 0.312. The molecule has 1 N–H and O–H groups in total. The molecule has 0 saturated heterocycles. The maximum atomic E-state index is 11.8. The van der Waals surface area contributed by atoms with E-state index in [1.54, 1.807) is 12.1 Å². The van der Waals surface area contributed by atoms with Gasteiger partial charge in [-0.3, -0.25) is 0 Å². The van der Waals surface area contributed by atoms with Crippen LogP contribution in [0.2, 0.25) is 0 Å². The average Bonchev–Trinajstić information content (AvgIpc) is 2.68. The van der Waals surface area contributed by atoms with E-state index < -0.39 is 0 Å². The number of benzene rings is 2. The molecule has 0 heterocycles. The van der Waals surface area contributed by atoms with E-state index in [0.29, 0.717) is 23.1 Å². The lowest BCUT2D eigenvalue weighted by atomic mass is 9.73. The molecule has 4 nitrogen and oxygen atoms in total. The minimum Gasteiger partial charge on any atom is -0.508 e. The summed E-state index contributed by atoms with van der Waals surface area (Å²) in [5, 5.41) is 9.95. The number of carbonyl (C=O) groups is 1. The number of aromatic hydroxyl groups is 1. The van der Waals surface area contributed by atoms with Gasteiger partial charge < -0.3 is 14.7 Å². The molecule has 0 spiro atoms. The fourth-order valence-corrected chi connectivity index (χ4v) is 4.20. The van der Waals surface area contributed by atoms with Gasteiger partial charge in [0.2, 0.25) is 0 Å². The maximum absolute atomic E-state index is 11.8. The van der Waals surface area contributed by atoms with E-state index in [1.807, 2.05) is 30.3 Å². The minimum atomic E-state index is -0.312. The molecule has 1 saturated carbocycles. The third-order valence-electron chi connectivity index (χ3n) is 5.46. The fourth-order valence-electron chi connectivity index (χ4n) is 4.20. The smallest absolute Gasteiger partial charge is 0.337 e. The lowest BCUT2D eigenvalue weighted by molar-refractivity contribution is 0.0600. The number of rotatable bonds is 5. The van der Waals surface area contributed by atoms with Crippen LogP contribution in [0, 0.1) is 5.92 Å². The molecular weight excluding hydrogens is 350 g/mol. The van der Waals surface area contributed by atoms with Crippen LogP contribution in [0.1, 0.15) is 46.7 Å². The number of phenolic OH excluding ortho intramolecular Hbond substituents is 1. The second kappa shape index (κ2) is 9.07. The molecule has 2 aromatic rings. The van der Waals surface area contributed by atoms with Crippen molar-refractivity contribution in [3.63, 3.8) is 0 Å². The van der Waals surface area contributed by atoms with Gasteiger partial charge in [-0.2, -0.15) is 0 Å². The second-order valence-electron chi connectivity index (χ2n) is 7.89. The van der Waals surface area contributed by atoms with Gasteiger partial charge in [-0.25, -0.2) is 4.79 Å². The molecule has 3 rings (SSSR count). The highest BCUT2D eigenvalue weighted by molar-refractivity contribution is 5.90. The molecule has 1 aliphatic carbocycles. The first-order valence-corrected chi connectivity index (χ1v) is 9.77. The zero-order valence-corrected chi connectivity index (χ0v) is 16.9. The summed E-state index contributed by atoms with van der Waals surface area (Å²) in [7, 11) is 5.63. The van der Waals surface area contributed by atoms with E-state index in [1.165, 1.54) is 18.2 Å². The Morgan fingerprint density at radius 2 is 2.00 bits per heavy atom. The number of methoxy groups -OCH3 is 1. The molecule has 0 amide bonds. The molecule has 2 unspecified atom stereocenters. The lowest BCUT2D eigenvalue weighted by Crippen LogP contribution is -2.29. The number of esters is 1. The van der Waals surface area contributed by atoms with Crippen molar-refractivity contribution in [1.82, 2.24) is 4.90 Å². The van der Waals surface area contributed by atoms with E-state index in [9.17, 15) is 9.90 Å². The maximum Gasteiger partial charge on any atom is 0.337 e. The number of hydrogen-bond acceptors (Lipinski definition) is 4. The van der Waals surface area contributed by atoms with Crippen LogP contribution in [-0.4, -0.2) is 43.7 Å². The number of allylic oxidation sites excluding steroid dienone is 1. The van der Waals surface area contributed by atoms with Gasteiger partial charge in [0.05, 0.1) is 12.7 Å². The highest BCUT2D eigenvalue weighted by Gasteiger charge is 2.29. The van der Waals surface area contributed by atoms with Crippen LogP contribution in [0.3, 0.4) is 0 Å². The van der Waals surface area contributed by atoms with Crippen LogP contribution in [0.4, 0.5) is 0 Å². The van der Waals surface area contributed by atoms with E-state index in [0.717, 1.165) is 31.4 Å². The van der Waals surface area contributed by atoms with Gasteiger partial charge >= 0.3 is 5.97 Å². The topological polar surface area (TPSA) is 49.8 Å². The standard InChI is InChI=1S/C24H29NO3/c1-25(2)16-21-11-10-18(14-23(21)19-7-5-9-22(26)15-19)12-17-6-4-8-20(13-17)24(27)28-3/h4-9,12-13,15,21,23,26H,10-11,14,16H2,1-3H3/b18-12-. The van der Waals surface area contributed by atoms with Crippen molar-refractivity contribution in [1.29, 1.82) is 0 Å². The van der Waals surface area contributed by atoms with Crippen LogP contribution in [0.25, 0.3) is 6.08 Å². The fraction of sp³-hybridized carbons (Fsp3) is 0.375. The highest BCUT2D eigenvalue weighted by atomic mass is 16.5. The summed E-state index contributed by atoms with van der Waals surface area (Å²) in [6.07, 6.45) is 5.33. The average molecular weight is 380 g/mol. The van der Waals surface area contributed by atoms with Crippen LogP contribution < -0.4 is 0 Å². The van der Waals surface area contributed by atoms with E-state index in [-0.39, 0.29) is 5.97 Å². The molecule has 1 aliphatic rings. The summed E-state index contributed by atoms with van der Waals surface area (Å²) in [4.78, 5) is 14.0. The van der Waals surface area contributed by atoms with Crippen molar-refractivity contribution in [2.24, 2.45) is 5.92 Å². The van der Waals surface area contributed by atoms with Crippen LogP contribution in [-0.2, 0) is 4.74 Å². The first kappa shape index (κ1) is 20.2. The van der Waals surface area contributed by atoms with E-state index in [2.05, 4.69) is 31.1 Å². The van der Waals surface area contributed by atoms with Gasteiger partial charge in [-0.15, -0.1) is 0 Å². The first-order chi connectivity index (χ1) is 13.5. The van der Waals surface area contributed by atoms with Crippen LogP contribution in [0.5, 0.6) is 5.75 Å². The zero-order valence-electron chi connectivity index (χ0n) is 16.9. The summed E-state index contributed by atoms with van der Waals surface area (Å²) in [6, 6.07) is 15.2. The van der Waals surface area contributed by atoms with E-state index in [4.69, 9.17) is 4.74 Å². The molecule has 2 aromatic carbocycles. The van der Waals surface area contributed by atoms with E-state index >= 15 is 0 Å². The van der Waals surface area contributed by atoms with Crippen molar-refractivity contribution in [3.05, 3.63) is 70.8 Å². The Hall–Kier alpha value is -2.59. The van der Waals surface area contributed by atoms with Crippen molar-refractivity contribution in [3.8, 4) is 5.75 Å². The highest BCUT2D eigenvalue weighted by Crippen LogP contribution is 2.42. The predicted molar refractivity (Wildman–Crippen MR) is 113 cm³/mol. The van der Waals surface area contributed by atoms with Gasteiger partial charge in [0.25, 0.3) is 0 Å². The Balaban J connectivity index is 1.86. The lowest BCUT2D eigenvalue weighted by Gasteiger charge is -2.35. The normalized spacial score (nSPS) is 21.1. The second-order valence-corrected chi connectivity index (χ2v) is 7.89. The quantitative estimate of drug-likeness (QED) is 0.765. The number of phenols is 1. The molecule has 0 aliphatic heterocycles. The third-order valence-corrected chi connectivity index (χ3v) is 5.46. The molecule has 0 aromatic heterocycles. The molecule has 28 heavy (non-hydrogen) atoms. The van der Waals surface area contributed by atoms with Gasteiger partial charge in [0.15, 0.2) is 0 Å². The molecule has 2 atom stereocenters. The van der Waals surface area contributed by atoms with Crippen LogP contribution in [0.15, 0.2) is 54.1 Å². The summed E-state index contributed by atoms with van der Waals surface area (Å²) in [6.45, 7) is 1.03. The van der Waals surface area contributed by atoms with Gasteiger partial charge in [0, 0.05) is 6.54 Å². The van der Waals surface area contributed by atoms with Crippen molar-refractivity contribution in [2.45, 2.75) is 25.2 Å². The monoisotopic (exact) mass is 379 g/mol. The Labute approximate surface area is 167 Å².